The van der Waals surface area contributed by atoms with E-state index in [-0.39, 0.29) is 17.7 Å². The SMILES string of the molecule is COc1ccc(C(=O)C[C@]2(O)C(=O)N(Cc3cccc(C(F)(F)F)c3)c3ccccc32)cc1. The van der Waals surface area contributed by atoms with Gasteiger partial charge < -0.3 is 14.7 Å². The van der Waals surface area contributed by atoms with Crippen LogP contribution in [0.2, 0.25) is 0 Å². The van der Waals surface area contributed by atoms with E-state index in [1.165, 1.54) is 36.3 Å². The lowest BCUT2D eigenvalue weighted by atomic mass is 9.88. The van der Waals surface area contributed by atoms with Crippen LogP contribution < -0.4 is 9.64 Å². The van der Waals surface area contributed by atoms with E-state index in [9.17, 15) is 27.9 Å². The minimum absolute atomic E-state index is 0.182. The van der Waals surface area contributed by atoms with Crippen molar-refractivity contribution in [1.29, 1.82) is 0 Å². The maximum absolute atomic E-state index is 13.3. The molecule has 4 rings (SSSR count). The quantitative estimate of drug-likeness (QED) is 0.546. The van der Waals surface area contributed by atoms with Crippen molar-refractivity contribution in [3.8, 4) is 5.75 Å². The molecule has 1 aliphatic heterocycles. The van der Waals surface area contributed by atoms with E-state index in [0.29, 0.717) is 17.0 Å². The van der Waals surface area contributed by atoms with Crippen molar-refractivity contribution in [2.24, 2.45) is 0 Å². The molecule has 5 nitrogen and oxygen atoms in total. The fourth-order valence-electron chi connectivity index (χ4n) is 3.97. The molecule has 170 valence electrons. The fraction of sp³-hybridized carbons (Fsp3) is 0.200. The number of carbonyl (C=O) groups excluding carboxylic acids is 2. The maximum atomic E-state index is 13.3. The average molecular weight is 455 g/mol. The molecule has 0 aromatic heterocycles. The number of carbonyl (C=O) groups is 2. The summed E-state index contributed by atoms with van der Waals surface area (Å²) < 4.78 is 44.4. The van der Waals surface area contributed by atoms with Crippen LogP contribution in [0.5, 0.6) is 5.75 Å². The molecule has 0 unspecified atom stereocenters. The zero-order chi connectivity index (χ0) is 23.8. The molecule has 1 aliphatic rings. The van der Waals surface area contributed by atoms with Crippen molar-refractivity contribution in [2.45, 2.75) is 24.7 Å². The molecule has 0 bridgehead atoms. The van der Waals surface area contributed by atoms with Crippen molar-refractivity contribution in [3.63, 3.8) is 0 Å². The fourth-order valence-corrected chi connectivity index (χ4v) is 3.97. The van der Waals surface area contributed by atoms with Gasteiger partial charge in [-0.25, -0.2) is 0 Å². The predicted octanol–water partition coefficient (Wildman–Crippen LogP) is 4.72. The lowest BCUT2D eigenvalue weighted by Crippen LogP contribution is -2.41. The van der Waals surface area contributed by atoms with E-state index < -0.39 is 35.5 Å². The topological polar surface area (TPSA) is 66.8 Å². The number of fused-ring (bicyclic) bond motifs is 1. The van der Waals surface area contributed by atoms with Gasteiger partial charge in [-0.3, -0.25) is 9.59 Å². The van der Waals surface area contributed by atoms with Gasteiger partial charge in [0.15, 0.2) is 11.4 Å². The van der Waals surface area contributed by atoms with Crippen molar-refractivity contribution >= 4 is 17.4 Å². The highest BCUT2D eigenvalue weighted by molar-refractivity contribution is 6.10. The van der Waals surface area contributed by atoms with Gasteiger partial charge in [-0.1, -0.05) is 30.3 Å². The number of para-hydroxylation sites is 1. The van der Waals surface area contributed by atoms with Crippen LogP contribution in [-0.4, -0.2) is 23.9 Å². The Morgan fingerprint density at radius 2 is 1.73 bits per heavy atom. The molecule has 3 aromatic carbocycles. The molecule has 0 fully saturated rings. The third-order valence-electron chi connectivity index (χ3n) is 5.66. The van der Waals surface area contributed by atoms with Gasteiger partial charge in [-0.2, -0.15) is 13.2 Å². The summed E-state index contributed by atoms with van der Waals surface area (Å²) in [5.41, 5.74) is -1.82. The van der Waals surface area contributed by atoms with Crippen molar-refractivity contribution in [3.05, 3.63) is 95.1 Å². The molecule has 0 aliphatic carbocycles. The first-order valence-corrected chi connectivity index (χ1v) is 10.1. The first kappa shape index (κ1) is 22.5. The number of alkyl halides is 3. The van der Waals surface area contributed by atoms with Gasteiger partial charge in [0.1, 0.15) is 5.75 Å². The molecule has 3 aromatic rings. The molecular formula is C25H20F3NO4. The van der Waals surface area contributed by atoms with Crippen LogP contribution in [0, 0.1) is 0 Å². The molecule has 0 saturated carbocycles. The second-order valence-electron chi connectivity index (χ2n) is 7.80. The Hall–Kier alpha value is -3.65. The molecule has 1 atom stereocenters. The number of nitrogens with zero attached hydrogens (tertiary/aromatic N) is 1. The van der Waals surface area contributed by atoms with Crippen LogP contribution in [0.25, 0.3) is 0 Å². The number of ether oxygens (including phenoxy) is 1. The number of methoxy groups -OCH3 is 1. The molecule has 1 heterocycles. The summed E-state index contributed by atoms with van der Waals surface area (Å²) in [4.78, 5) is 27.4. The first-order chi connectivity index (χ1) is 15.6. The summed E-state index contributed by atoms with van der Waals surface area (Å²) in [5, 5.41) is 11.4. The van der Waals surface area contributed by atoms with E-state index in [0.717, 1.165) is 12.1 Å². The largest absolute Gasteiger partial charge is 0.497 e. The van der Waals surface area contributed by atoms with Gasteiger partial charge in [-0.05, 0) is 48.0 Å². The number of ketones is 1. The Bertz CT molecular complexity index is 1210. The monoisotopic (exact) mass is 455 g/mol. The molecule has 1 N–H and O–H groups in total. The minimum Gasteiger partial charge on any atom is -0.497 e. The normalized spacial score (nSPS) is 17.7. The van der Waals surface area contributed by atoms with Crippen LogP contribution >= 0.6 is 0 Å². The van der Waals surface area contributed by atoms with Crippen LogP contribution in [0.3, 0.4) is 0 Å². The van der Waals surface area contributed by atoms with E-state index >= 15 is 0 Å². The Balaban J connectivity index is 1.64. The van der Waals surface area contributed by atoms with Crippen LogP contribution in [0.4, 0.5) is 18.9 Å². The van der Waals surface area contributed by atoms with Crippen molar-refractivity contribution in [1.82, 2.24) is 0 Å². The van der Waals surface area contributed by atoms with Crippen LogP contribution in [-0.2, 0) is 23.1 Å². The molecule has 1 amide bonds. The highest BCUT2D eigenvalue weighted by atomic mass is 19.4. The number of hydrogen-bond donors (Lipinski definition) is 1. The smallest absolute Gasteiger partial charge is 0.416 e. The van der Waals surface area contributed by atoms with Crippen molar-refractivity contribution in [2.75, 3.05) is 12.0 Å². The lowest BCUT2D eigenvalue weighted by Gasteiger charge is -2.23. The maximum Gasteiger partial charge on any atom is 0.416 e. The number of aliphatic hydroxyl groups is 1. The predicted molar refractivity (Wildman–Crippen MR) is 115 cm³/mol. The summed E-state index contributed by atoms with van der Waals surface area (Å²) >= 11 is 0. The Labute approximate surface area is 188 Å². The molecule has 0 radical (unpaired) electrons. The molecule has 0 spiro atoms. The number of benzene rings is 3. The highest BCUT2D eigenvalue weighted by Gasteiger charge is 2.50. The summed E-state index contributed by atoms with van der Waals surface area (Å²) in [6, 6.07) is 17.4. The first-order valence-electron chi connectivity index (χ1n) is 10.1. The van der Waals surface area contributed by atoms with Crippen molar-refractivity contribution < 1.29 is 32.6 Å². The van der Waals surface area contributed by atoms with Gasteiger partial charge in [0.2, 0.25) is 0 Å². The van der Waals surface area contributed by atoms with Gasteiger partial charge in [0.05, 0.1) is 31.3 Å². The second kappa shape index (κ2) is 8.37. The molecule has 0 saturated heterocycles. The number of rotatable bonds is 6. The second-order valence-corrected chi connectivity index (χ2v) is 7.80. The van der Waals surface area contributed by atoms with Gasteiger partial charge in [0.25, 0.3) is 5.91 Å². The third-order valence-corrected chi connectivity index (χ3v) is 5.66. The Morgan fingerprint density at radius 3 is 2.39 bits per heavy atom. The lowest BCUT2D eigenvalue weighted by molar-refractivity contribution is -0.137. The van der Waals surface area contributed by atoms with E-state index in [4.69, 9.17) is 4.74 Å². The molecule has 33 heavy (non-hydrogen) atoms. The Kier molecular flexibility index (Phi) is 5.71. The highest BCUT2D eigenvalue weighted by Crippen LogP contribution is 2.43. The van der Waals surface area contributed by atoms with Gasteiger partial charge in [0, 0.05) is 11.1 Å². The van der Waals surface area contributed by atoms with E-state index in [1.807, 2.05) is 0 Å². The summed E-state index contributed by atoms with van der Waals surface area (Å²) in [5.74, 6) is -0.660. The van der Waals surface area contributed by atoms with E-state index in [1.54, 1.807) is 36.4 Å². The summed E-state index contributed by atoms with van der Waals surface area (Å²) in [6.45, 7) is -0.182. The average Bonchev–Trinajstić information content (AvgIpc) is 3.00. The van der Waals surface area contributed by atoms with Gasteiger partial charge in [-0.15, -0.1) is 0 Å². The van der Waals surface area contributed by atoms with Crippen LogP contribution in [0.15, 0.2) is 72.8 Å². The standard InChI is InChI=1S/C25H20F3NO4/c1-33-19-11-9-17(10-12-19)22(30)14-24(32)20-7-2-3-8-21(20)29(23(24)31)15-16-5-4-6-18(13-16)25(26,27)28/h2-13,32H,14-15H2,1H3/t24-/m1/s1. The number of Topliss-reactive ketones (excluding diaryl/α,β-unsaturated/α-hetero) is 1. The summed E-state index contributed by atoms with van der Waals surface area (Å²) in [6.07, 6.45) is -5.03. The van der Waals surface area contributed by atoms with E-state index in [2.05, 4.69) is 0 Å². The Morgan fingerprint density at radius 1 is 1.03 bits per heavy atom. The molecule has 8 heteroatoms. The zero-order valence-corrected chi connectivity index (χ0v) is 17.6. The molecular weight excluding hydrogens is 435 g/mol. The number of amides is 1. The number of halogens is 3. The minimum atomic E-state index is -4.52. The van der Waals surface area contributed by atoms with Gasteiger partial charge >= 0.3 is 6.18 Å². The third kappa shape index (κ3) is 4.21. The number of hydrogen-bond acceptors (Lipinski definition) is 4. The summed E-state index contributed by atoms with van der Waals surface area (Å²) in [7, 11) is 1.49. The zero-order valence-electron chi connectivity index (χ0n) is 17.6. The number of anilines is 1. The van der Waals surface area contributed by atoms with Crippen LogP contribution in [0.1, 0.15) is 33.5 Å².